The van der Waals surface area contributed by atoms with Gasteiger partial charge in [-0.05, 0) is 92.4 Å². The Morgan fingerprint density at radius 2 is 1.29 bits per heavy atom. The average molecular weight is 493 g/mol. The first-order valence-electron chi connectivity index (χ1n) is 13.0. The van der Waals surface area contributed by atoms with Crippen molar-refractivity contribution in [3.63, 3.8) is 0 Å². The smallest absolute Gasteiger partial charge is 0.200 e. The summed E-state index contributed by atoms with van der Waals surface area (Å²) < 4.78 is 69.4. The van der Waals surface area contributed by atoms with Crippen LogP contribution in [0.1, 0.15) is 93.7 Å². The van der Waals surface area contributed by atoms with Crippen LogP contribution >= 0.6 is 0 Å². The SMILES string of the molecule is CCOCc1ccc(OCC2CCC(c3ccc(C4CCC(C)CC4)c(F)c3F)CC2)c(F)c1F. The first kappa shape index (κ1) is 26.0. The molecule has 0 unspecified atom stereocenters. The Bertz CT molecular complexity index is 993. The van der Waals surface area contributed by atoms with Gasteiger partial charge in [0.25, 0.3) is 0 Å². The van der Waals surface area contributed by atoms with E-state index in [0.717, 1.165) is 51.4 Å². The highest BCUT2D eigenvalue weighted by Gasteiger charge is 2.29. The first-order valence-corrected chi connectivity index (χ1v) is 13.0. The molecule has 2 aromatic rings. The standard InChI is InChI=1S/C29H36F4O2/c1-3-34-17-22-12-15-25(29(33)26(22)30)35-16-19-6-10-21(11-7-19)24-14-13-23(27(31)28(24)32)20-8-4-18(2)5-9-20/h12-15,18-21H,3-11,16-17H2,1-2H3. The molecule has 0 atom stereocenters. The highest BCUT2D eigenvalue weighted by molar-refractivity contribution is 5.32. The molecule has 0 bridgehead atoms. The molecule has 0 heterocycles. The van der Waals surface area contributed by atoms with Gasteiger partial charge in [-0.1, -0.05) is 31.9 Å². The lowest BCUT2D eigenvalue weighted by molar-refractivity contribution is 0.130. The van der Waals surface area contributed by atoms with Gasteiger partial charge in [-0.3, -0.25) is 0 Å². The number of hydrogen-bond donors (Lipinski definition) is 0. The van der Waals surface area contributed by atoms with Gasteiger partial charge in [-0.2, -0.15) is 4.39 Å². The van der Waals surface area contributed by atoms with Crippen molar-refractivity contribution in [1.82, 2.24) is 0 Å². The lowest BCUT2D eigenvalue weighted by Gasteiger charge is -2.30. The third-order valence-corrected chi connectivity index (χ3v) is 7.95. The van der Waals surface area contributed by atoms with Gasteiger partial charge in [0, 0.05) is 12.2 Å². The fourth-order valence-electron chi connectivity index (χ4n) is 5.64. The highest BCUT2D eigenvalue weighted by atomic mass is 19.2. The molecule has 4 rings (SSSR count). The van der Waals surface area contributed by atoms with E-state index in [4.69, 9.17) is 9.47 Å². The van der Waals surface area contributed by atoms with Crippen molar-refractivity contribution < 1.29 is 27.0 Å². The van der Waals surface area contributed by atoms with Crippen LogP contribution in [0.3, 0.4) is 0 Å². The normalized spacial score (nSPS) is 25.0. The number of hydrogen-bond acceptors (Lipinski definition) is 2. The van der Waals surface area contributed by atoms with E-state index in [9.17, 15) is 13.2 Å². The molecular formula is C29H36F4O2. The molecule has 2 nitrogen and oxygen atoms in total. The second-order valence-corrected chi connectivity index (χ2v) is 10.3. The molecule has 2 aromatic carbocycles. The topological polar surface area (TPSA) is 18.5 Å². The van der Waals surface area contributed by atoms with Gasteiger partial charge in [0.2, 0.25) is 5.82 Å². The molecule has 192 valence electrons. The van der Waals surface area contributed by atoms with Gasteiger partial charge >= 0.3 is 0 Å². The molecular weight excluding hydrogens is 456 g/mol. The quantitative estimate of drug-likeness (QED) is 0.344. The van der Waals surface area contributed by atoms with Gasteiger partial charge in [0.1, 0.15) is 0 Å². The van der Waals surface area contributed by atoms with E-state index in [1.54, 1.807) is 19.1 Å². The van der Waals surface area contributed by atoms with Gasteiger partial charge in [0.15, 0.2) is 23.2 Å². The molecule has 0 amide bonds. The minimum atomic E-state index is -0.999. The van der Waals surface area contributed by atoms with Crippen molar-refractivity contribution >= 4 is 0 Å². The maximum Gasteiger partial charge on any atom is 0.200 e. The molecule has 2 fully saturated rings. The van der Waals surface area contributed by atoms with Crippen LogP contribution in [0.25, 0.3) is 0 Å². The maximum atomic E-state index is 15.1. The minimum absolute atomic E-state index is 0.0154. The number of rotatable bonds is 8. The molecule has 2 saturated carbocycles. The van der Waals surface area contributed by atoms with Crippen molar-refractivity contribution in [2.45, 2.75) is 83.7 Å². The minimum Gasteiger partial charge on any atom is -0.490 e. The zero-order chi connectivity index (χ0) is 24.9. The summed E-state index contributed by atoms with van der Waals surface area (Å²) in [5.41, 5.74) is 1.16. The number of benzene rings is 2. The van der Waals surface area contributed by atoms with E-state index in [2.05, 4.69) is 6.92 Å². The fraction of sp³-hybridized carbons (Fsp3) is 0.586. The predicted molar refractivity (Wildman–Crippen MR) is 129 cm³/mol. The average Bonchev–Trinajstić information content (AvgIpc) is 2.87. The summed E-state index contributed by atoms with van der Waals surface area (Å²) in [6, 6.07) is 6.51. The van der Waals surface area contributed by atoms with E-state index in [0.29, 0.717) is 23.7 Å². The Kier molecular flexibility index (Phi) is 8.74. The van der Waals surface area contributed by atoms with Crippen LogP contribution in [0.4, 0.5) is 17.6 Å². The van der Waals surface area contributed by atoms with Gasteiger partial charge in [0.05, 0.1) is 13.2 Å². The number of halogens is 4. The van der Waals surface area contributed by atoms with Crippen LogP contribution < -0.4 is 4.74 Å². The summed E-state index contributed by atoms with van der Waals surface area (Å²) in [6.07, 6.45) is 6.93. The predicted octanol–water partition coefficient (Wildman–Crippen LogP) is 8.43. The Hall–Kier alpha value is -2.08. The van der Waals surface area contributed by atoms with E-state index in [-0.39, 0.29) is 42.3 Å². The van der Waals surface area contributed by atoms with E-state index in [1.165, 1.54) is 12.1 Å². The molecule has 0 radical (unpaired) electrons. The van der Waals surface area contributed by atoms with Gasteiger partial charge < -0.3 is 9.47 Å². The third-order valence-electron chi connectivity index (χ3n) is 7.95. The van der Waals surface area contributed by atoms with Crippen LogP contribution in [-0.4, -0.2) is 13.2 Å². The molecule has 2 aliphatic rings. The van der Waals surface area contributed by atoms with Crippen LogP contribution in [0.15, 0.2) is 24.3 Å². The largest absolute Gasteiger partial charge is 0.490 e. The molecule has 0 aromatic heterocycles. The Morgan fingerprint density at radius 1 is 0.714 bits per heavy atom. The summed E-state index contributed by atoms with van der Waals surface area (Å²) in [6.45, 7) is 4.71. The van der Waals surface area contributed by atoms with Crippen molar-refractivity contribution in [3.8, 4) is 5.75 Å². The second-order valence-electron chi connectivity index (χ2n) is 10.3. The molecule has 0 spiro atoms. The summed E-state index contributed by atoms with van der Waals surface area (Å²) in [4.78, 5) is 0. The lowest BCUT2D eigenvalue weighted by Crippen LogP contribution is -2.21. The zero-order valence-electron chi connectivity index (χ0n) is 20.7. The Morgan fingerprint density at radius 3 is 1.86 bits per heavy atom. The third kappa shape index (κ3) is 6.02. The molecule has 0 aliphatic heterocycles. The molecule has 35 heavy (non-hydrogen) atoms. The Labute approximate surface area is 206 Å². The molecule has 6 heteroatoms. The Balaban J connectivity index is 1.32. The molecule has 2 aliphatic carbocycles. The van der Waals surface area contributed by atoms with Crippen LogP contribution in [-0.2, 0) is 11.3 Å². The summed E-state index contributed by atoms with van der Waals surface area (Å²) >= 11 is 0. The van der Waals surface area contributed by atoms with Crippen molar-refractivity contribution in [3.05, 3.63) is 64.2 Å². The van der Waals surface area contributed by atoms with Gasteiger partial charge in [-0.15, -0.1) is 0 Å². The summed E-state index contributed by atoms with van der Waals surface area (Å²) in [7, 11) is 0. The zero-order valence-corrected chi connectivity index (χ0v) is 20.7. The second kappa shape index (κ2) is 11.8. The first-order chi connectivity index (χ1) is 16.9. The van der Waals surface area contributed by atoms with Crippen LogP contribution in [0.5, 0.6) is 5.75 Å². The number of ether oxygens (including phenoxy) is 2. The molecule has 0 N–H and O–H groups in total. The van der Waals surface area contributed by atoms with Crippen molar-refractivity contribution in [2.75, 3.05) is 13.2 Å². The van der Waals surface area contributed by atoms with Crippen molar-refractivity contribution in [1.29, 1.82) is 0 Å². The monoisotopic (exact) mass is 492 g/mol. The van der Waals surface area contributed by atoms with E-state index in [1.807, 2.05) is 0 Å². The maximum absolute atomic E-state index is 15.1. The van der Waals surface area contributed by atoms with Crippen LogP contribution in [0, 0.1) is 35.1 Å². The summed E-state index contributed by atoms with van der Waals surface area (Å²) in [5, 5.41) is 0. The van der Waals surface area contributed by atoms with Crippen LogP contribution in [0.2, 0.25) is 0 Å². The summed E-state index contributed by atoms with van der Waals surface area (Å²) in [5.74, 6) is -2.51. The lowest BCUT2D eigenvalue weighted by atomic mass is 9.76. The fourth-order valence-corrected chi connectivity index (χ4v) is 5.64. The van der Waals surface area contributed by atoms with E-state index >= 15 is 4.39 Å². The van der Waals surface area contributed by atoms with Gasteiger partial charge in [-0.25, -0.2) is 13.2 Å². The van der Waals surface area contributed by atoms with Crippen molar-refractivity contribution in [2.24, 2.45) is 11.8 Å². The van der Waals surface area contributed by atoms with E-state index < -0.39 is 23.3 Å². The highest BCUT2D eigenvalue weighted by Crippen LogP contribution is 2.41. The molecule has 0 saturated heterocycles.